The van der Waals surface area contributed by atoms with E-state index in [0.29, 0.717) is 5.56 Å². The number of benzene rings is 1. The van der Waals surface area contributed by atoms with E-state index in [0.717, 1.165) is 20.0 Å². The number of carbonyl (C=O) groups excluding carboxylic acids is 1. The molecule has 1 aromatic carbocycles. The average Bonchev–Trinajstić information content (AvgIpc) is 2.27. The highest BCUT2D eigenvalue weighted by Gasteiger charge is 2.09. The van der Waals surface area contributed by atoms with E-state index in [1.807, 2.05) is 25.3 Å². The van der Waals surface area contributed by atoms with Gasteiger partial charge in [0.1, 0.15) is 0 Å². The van der Waals surface area contributed by atoms with Crippen molar-refractivity contribution in [2.45, 2.75) is 6.92 Å². The van der Waals surface area contributed by atoms with Crippen LogP contribution in [-0.4, -0.2) is 18.1 Å². The molecule has 0 saturated carbocycles. The summed E-state index contributed by atoms with van der Waals surface area (Å²) in [6.07, 6.45) is 1.82. The molecule has 0 aliphatic rings. The molecular weight excluding hydrogens is 317 g/mol. The number of rotatable bonds is 1. The van der Waals surface area contributed by atoms with Gasteiger partial charge in [0.05, 0.1) is 18.2 Å². The molecule has 0 N–H and O–H groups in total. The Hall–Kier alpha value is -1.17. The van der Waals surface area contributed by atoms with Gasteiger partial charge in [-0.05, 0) is 53.3 Å². The Morgan fingerprint density at radius 2 is 2.12 bits per heavy atom. The van der Waals surface area contributed by atoms with E-state index in [-0.39, 0.29) is 5.97 Å². The summed E-state index contributed by atoms with van der Waals surface area (Å²) >= 11 is 2.17. The Bertz CT molecular complexity index is 566. The monoisotopic (exact) mass is 327 g/mol. The fourth-order valence-electron chi connectivity index (χ4n) is 1.55. The smallest absolute Gasteiger partial charge is 0.337 e. The molecule has 0 atom stereocenters. The summed E-state index contributed by atoms with van der Waals surface area (Å²) in [6.45, 7) is 1.98. The molecule has 0 amide bonds. The van der Waals surface area contributed by atoms with Crippen LogP contribution in [0.5, 0.6) is 0 Å². The molecule has 2 aromatic rings. The van der Waals surface area contributed by atoms with Crippen LogP contribution in [0.3, 0.4) is 0 Å². The van der Waals surface area contributed by atoms with Gasteiger partial charge >= 0.3 is 5.97 Å². The first-order chi connectivity index (χ1) is 7.61. The van der Waals surface area contributed by atoms with E-state index in [1.54, 1.807) is 6.07 Å². The summed E-state index contributed by atoms with van der Waals surface area (Å²) in [4.78, 5) is 15.8. The maximum absolute atomic E-state index is 11.4. The van der Waals surface area contributed by atoms with Crippen molar-refractivity contribution < 1.29 is 9.53 Å². The first kappa shape index (κ1) is 11.3. The highest BCUT2D eigenvalue weighted by atomic mass is 127. The second-order valence-electron chi connectivity index (χ2n) is 3.53. The lowest BCUT2D eigenvalue weighted by Crippen LogP contribution is -2.02. The minimum atomic E-state index is -0.318. The second kappa shape index (κ2) is 4.37. The van der Waals surface area contributed by atoms with Crippen molar-refractivity contribution in [1.82, 2.24) is 4.98 Å². The highest BCUT2D eigenvalue weighted by molar-refractivity contribution is 14.1. The van der Waals surface area contributed by atoms with Crippen LogP contribution in [0.2, 0.25) is 0 Å². The van der Waals surface area contributed by atoms with Crippen LogP contribution < -0.4 is 0 Å². The summed E-state index contributed by atoms with van der Waals surface area (Å²) in [5.41, 5.74) is 2.55. The molecular formula is C12H10INO2. The van der Waals surface area contributed by atoms with Gasteiger partial charge in [-0.2, -0.15) is 0 Å². The Kier molecular flexibility index (Phi) is 3.09. The van der Waals surface area contributed by atoms with E-state index in [4.69, 9.17) is 4.74 Å². The molecule has 0 aliphatic heterocycles. The summed E-state index contributed by atoms with van der Waals surface area (Å²) < 4.78 is 5.66. The Labute approximate surface area is 107 Å². The number of fused-ring (bicyclic) bond motifs is 1. The van der Waals surface area contributed by atoms with Crippen molar-refractivity contribution in [1.29, 1.82) is 0 Å². The third kappa shape index (κ3) is 2.02. The average molecular weight is 327 g/mol. The molecule has 0 aliphatic carbocycles. The van der Waals surface area contributed by atoms with E-state index >= 15 is 0 Å². The van der Waals surface area contributed by atoms with Gasteiger partial charge in [-0.3, -0.25) is 4.98 Å². The van der Waals surface area contributed by atoms with Gasteiger partial charge in [-0.15, -0.1) is 0 Å². The first-order valence-corrected chi connectivity index (χ1v) is 5.84. The predicted octanol–water partition coefficient (Wildman–Crippen LogP) is 2.93. The van der Waals surface area contributed by atoms with Crippen LogP contribution in [0.4, 0.5) is 0 Å². The molecule has 16 heavy (non-hydrogen) atoms. The molecule has 3 nitrogen and oxygen atoms in total. The molecule has 0 radical (unpaired) electrons. The number of halogens is 1. The Morgan fingerprint density at radius 3 is 2.81 bits per heavy atom. The normalized spacial score (nSPS) is 10.4. The molecule has 0 saturated heterocycles. The van der Waals surface area contributed by atoms with Crippen molar-refractivity contribution in [3.05, 3.63) is 39.1 Å². The molecule has 82 valence electrons. The van der Waals surface area contributed by atoms with Gasteiger partial charge in [-0.1, -0.05) is 0 Å². The highest BCUT2D eigenvalue weighted by Crippen LogP contribution is 2.22. The predicted molar refractivity (Wildman–Crippen MR) is 70.5 cm³/mol. The lowest BCUT2D eigenvalue weighted by Gasteiger charge is -2.05. The van der Waals surface area contributed by atoms with Gasteiger partial charge in [0, 0.05) is 15.2 Å². The quantitative estimate of drug-likeness (QED) is 0.597. The molecule has 0 unspecified atom stereocenters. The van der Waals surface area contributed by atoms with Crippen LogP contribution >= 0.6 is 22.6 Å². The van der Waals surface area contributed by atoms with Gasteiger partial charge in [0.25, 0.3) is 0 Å². The fourth-order valence-corrected chi connectivity index (χ4v) is 2.34. The molecule has 2 rings (SSSR count). The number of esters is 1. The lowest BCUT2D eigenvalue weighted by atomic mass is 10.1. The number of aromatic nitrogens is 1. The van der Waals surface area contributed by atoms with Crippen molar-refractivity contribution in [3.63, 3.8) is 0 Å². The fraction of sp³-hybridized carbons (Fsp3) is 0.167. The largest absolute Gasteiger partial charge is 0.465 e. The molecule has 1 aromatic heterocycles. The number of hydrogen-bond donors (Lipinski definition) is 0. The van der Waals surface area contributed by atoms with Crippen molar-refractivity contribution in [3.8, 4) is 0 Å². The van der Waals surface area contributed by atoms with E-state index in [1.165, 1.54) is 7.11 Å². The Morgan fingerprint density at radius 1 is 1.38 bits per heavy atom. The molecule has 1 heterocycles. The molecule has 0 fully saturated rings. The summed E-state index contributed by atoms with van der Waals surface area (Å²) in [7, 11) is 1.38. The van der Waals surface area contributed by atoms with E-state index in [9.17, 15) is 4.79 Å². The van der Waals surface area contributed by atoms with Gasteiger partial charge in [-0.25, -0.2) is 4.79 Å². The minimum absolute atomic E-state index is 0.318. The zero-order valence-electron chi connectivity index (χ0n) is 8.95. The summed E-state index contributed by atoms with van der Waals surface area (Å²) in [6, 6.07) is 5.61. The number of pyridine rings is 1. The van der Waals surface area contributed by atoms with Crippen LogP contribution in [0.1, 0.15) is 15.9 Å². The zero-order chi connectivity index (χ0) is 11.7. The Balaban J connectivity index is 2.69. The number of methoxy groups -OCH3 is 1. The summed E-state index contributed by atoms with van der Waals surface area (Å²) in [5, 5.41) is 0.965. The molecule has 4 heteroatoms. The topological polar surface area (TPSA) is 39.2 Å². The molecule has 0 spiro atoms. The number of nitrogens with zero attached hydrogens (tertiary/aromatic N) is 1. The van der Waals surface area contributed by atoms with Gasteiger partial charge < -0.3 is 4.74 Å². The number of ether oxygens (including phenoxy) is 1. The van der Waals surface area contributed by atoms with E-state index < -0.39 is 0 Å². The molecule has 0 bridgehead atoms. The number of aryl methyl sites for hydroxylation is 1. The maximum atomic E-state index is 11.4. The van der Waals surface area contributed by atoms with Gasteiger partial charge in [0.2, 0.25) is 0 Å². The first-order valence-electron chi connectivity index (χ1n) is 4.76. The van der Waals surface area contributed by atoms with Crippen LogP contribution in [0.15, 0.2) is 24.4 Å². The SMILES string of the molecule is COC(=O)c1cc(I)c2ncc(C)cc2c1. The summed E-state index contributed by atoms with van der Waals surface area (Å²) in [5.74, 6) is -0.318. The third-order valence-corrected chi connectivity index (χ3v) is 3.12. The maximum Gasteiger partial charge on any atom is 0.337 e. The van der Waals surface area contributed by atoms with Gasteiger partial charge in [0.15, 0.2) is 0 Å². The third-order valence-electron chi connectivity index (χ3n) is 2.29. The lowest BCUT2D eigenvalue weighted by molar-refractivity contribution is 0.0601. The van der Waals surface area contributed by atoms with Crippen LogP contribution in [-0.2, 0) is 4.74 Å². The van der Waals surface area contributed by atoms with Crippen LogP contribution in [0, 0.1) is 10.5 Å². The standard InChI is InChI=1S/C12H10INO2/c1-7-3-8-4-9(12(15)16-2)5-10(13)11(8)14-6-7/h3-6H,1-2H3. The van der Waals surface area contributed by atoms with E-state index in [2.05, 4.69) is 27.6 Å². The van der Waals surface area contributed by atoms with Crippen LogP contribution in [0.25, 0.3) is 10.9 Å². The second-order valence-corrected chi connectivity index (χ2v) is 4.70. The number of carbonyl (C=O) groups is 1. The minimum Gasteiger partial charge on any atom is -0.465 e. The zero-order valence-corrected chi connectivity index (χ0v) is 11.1. The van der Waals surface area contributed by atoms with Crippen molar-refractivity contribution in [2.75, 3.05) is 7.11 Å². The number of hydrogen-bond acceptors (Lipinski definition) is 3. The van der Waals surface area contributed by atoms with Crippen molar-refractivity contribution >= 4 is 39.5 Å². The van der Waals surface area contributed by atoms with Crippen molar-refractivity contribution in [2.24, 2.45) is 0 Å².